The minimum Gasteiger partial charge on any atom is -0.453 e. The molecule has 4 atom stereocenters. The van der Waals surface area contributed by atoms with Gasteiger partial charge >= 0.3 is 48.8 Å². The minimum atomic E-state index is -6.43. The summed E-state index contributed by atoms with van der Waals surface area (Å²) in [4.78, 5) is 37.2. The number of hydrogen-bond donors (Lipinski definition) is 0. The summed E-state index contributed by atoms with van der Waals surface area (Å²) in [6.07, 6.45) is -45.0. The second kappa shape index (κ2) is 16.1. The van der Waals surface area contributed by atoms with E-state index in [1.54, 1.807) is 0 Å². The van der Waals surface area contributed by atoms with Crippen LogP contribution < -0.4 is 0 Å². The van der Waals surface area contributed by atoms with Gasteiger partial charge in [-0.2, -0.15) is 65.9 Å². The quantitative estimate of drug-likeness (QED) is 0.0710. The number of carbonyl (C=O) groups is 3. The monoisotopic (exact) mass is 786 g/mol. The minimum absolute atomic E-state index is 0.106. The molecule has 0 aromatic carbocycles. The SMILES string of the molecule is CC(CC(C)(CC(C(=O)OC(C(F)(F)F)C(F)(F)F)C(C)C(=O)OC(C(F)(F)F)C(F)(F)F)OC(=O)C(F)(F)F)OCCC(C)(C)[Si](C)(C)C. The molecule has 0 amide bonds. The van der Waals surface area contributed by atoms with E-state index in [1.165, 1.54) is 0 Å². The van der Waals surface area contributed by atoms with Gasteiger partial charge in [-0.15, -0.1) is 0 Å². The molecule has 0 radical (unpaired) electrons. The molecule has 0 saturated heterocycles. The standard InChI is InChI=1S/C27H37F15O7Si/c1-13(46-10-9-21(3,4)50(6,7)8)11-22(5,49-20(45)27(40,41)42)12-15(17(44)48-19(25(34,35)36)26(37,38)39)14(2)16(43)47-18(23(28,29)30)24(31,32)33/h13-15,18-19H,9-12H2,1-8H3. The Kier molecular flexibility index (Phi) is 15.3. The van der Waals surface area contributed by atoms with E-state index in [0.717, 1.165) is 6.92 Å². The van der Waals surface area contributed by atoms with Gasteiger partial charge < -0.3 is 18.9 Å². The Morgan fingerprint density at radius 3 is 1.34 bits per heavy atom. The lowest BCUT2D eigenvalue weighted by Gasteiger charge is -2.38. The van der Waals surface area contributed by atoms with Crippen molar-refractivity contribution in [3.05, 3.63) is 0 Å². The van der Waals surface area contributed by atoms with Crippen LogP contribution in [0.3, 0.4) is 0 Å². The smallest absolute Gasteiger partial charge is 0.453 e. The van der Waals surface area contributed by atoms with Crippen molar-refractivity contribution in [1.29, 1.82) is 0 Å². The van der Waals surface area contributed by atoms with Gasteiger partial charge in [-0.25, -0.2) is 4.79 Å². The average Bonchev–Trinajstić information content (AvgIpc) is 2.84. The summed E-state index contributed by atoms with van der Waals surface area (Å²) < 4.78 is 214. The number of ether oxygens (including phenoxy) is 4. The van der Waals surface area contributed by atoms with Crippen LogP contribution in [0.15, 0.2) is 0 Å². The van der Waals surface area contributed by atoms with Crippen molar-refractivity contribution < 1.29 is 99.2 Å². The van der Waals surface area contributed by atoms with E-state index >= 15 is 0 Å². The number of hydrogen-bond acceptors (Lipinski definition) is 7. The molecular formula is C27H37F15O7Si. The van der Waals surface area contributed by atoms with E-state index < -0.39 is 105 Å². The average molecular weight is 787 g/mol. The predicted molar refractivity (Wildman–Crippen MR) is 144 cm³/mol. The van der Waals surface area contributed by atoms with Gasteiger partial charge in [0.1, 0.15) is 5.60 Å². The topological polar surface area (TPSA) is 88.1 Å². The fourth-order valence-electron chi connectivity index (χ4n) is 4.16. The zero-order valence-electron chi connectivity index (χ0n) is 27.7. The lowest BCUT2D eigenvalue weighted by atomic mass is 9.81. The van der Waals surface area contributed by atoms with Gasteiger partial charge in [-0.3, -0.25) is 9.59 Å². The number of halogens is 15. The second-order valence-corrected chi connectivity index (χ2v) is 19.4. The summed E-state index contributed by atoms with van der Waals surface area (Å²) in [7, 11) is -1.85. The van der Waals surface area contributed by atoms with Crippen LogP contribution >= 0.6 is 0 Å². The van der Waals surface area contributed by atoms with E-state index in [9.17, 15) is 80.2 Å². The highest BCUT2D eigenvalue weighted by molar-refractivity contribution is 6.79. The first-order chi connectivity index (χ1) is 21.8. The van der Waals surface area contributed by atoms with Crippen LogP contribution in [0.2, 0.25) is 24.7 Å². The van der Waals surface area contributed by atoms with Crippen LogP contribution in [0.5, 0.6) is 0 Å². The third-order valence-corrected chi connectivity index (χ3v) is 12.3. The van der Waals surface area contributed by atoms with Crippen LogP contribution in [-0.2, 0) is 33.3 Å². The Morgan fingerprint density at radius 1 is 0.620 bits per heavy atom. The highest BCUT2D eigenvalue weighted by atomic mass is 28.3. The van der Waals surface area contributed by atoms with Crippen LogP contribution in [0.4, 0.5) is 65.9 Å². The van der Waals surface area contributed by atoms with E-state index in [1.807, 2.05) is 33.5 Å². The molecule has 0 aliphatic carbocycles. The molecule has 0 spiro atoms. The molecular weight excluding hydrogens is 749 g/mol. The summed E-state index contributed by atoms with van der Waals surface area (Å²) in [6, 6.07) is 0. The van der Waals surface area contributed by atoms with E-state index in [0.29, 0.717) is 13.3 Å². The van der Waals surface area contributed by atoms with Crippen LogP contribution in [0.1, 0.15) is 53.9 Å². The lowest BCUT2D eigenvalue weighted by Crippen LogP contribution is -2.50. The first-order valence-corrected chi connectivity index (χ1v) is 17.9. The van der Waals surface area contributed by atoms with Gasteiger partial charge in [0.25, 0.3) is 12.2 Å². The largest absolute Gasteiger partial charge is 0.490 e. The number of esters is 3. The van der Waals surface area contributed by atoms with Gasteiger partial charge in [0.05, 0.1) is 17.9 Å². The molecule has 0 saturated carbocycles. The third kappa shape index (κ3) is 14.6. The highest BCUT2D eigenvalue weighted by Gasteiger charge is 2.62. The Balaban J connectivity index is 6.95. The molecule has 23 heteroatoms. The van der Waals surface area contributed by atoms with Crippen molar-refractivity contribution in [1.82, 2.24) is 0 Å². The molecule has 0 heterocycles. The zero-order chi connectivity index (χ0) is 40.3. The summed E-state index contributed by atoms with van der Waals surface area (Å²) >= 11 is 0. The van der Waals surface area contributed by atoms with Gasteiger partial charge in [0.2, 0.25) is 0 Å². The van der Waals surface area contributed by atoms with Crippen molar-refractivity contribution in [2.24, 2.45) is 11.8 Å². The van der Waals surface area contributed by atoms with E-state index in [-0.39, 0.29) is 18.6 Å². The first-order valence-electron chi connectivity index (χ1n) is 14.4. The van der Waals surface area contributed by atoms with Crippen LogP contribution in [0, 0.1) is 11.8 Å². The summed E-state index contributed by atoms with van der Waals surface area (Å²) in [5.41, 5.74) is -2.86. The maximum absolute atomic E-state index is 13.2. The Labute approximate surface area is 277 Å². The lowest BCUT2D eigenvalue weighted by molar-refractivity contribution is -0.317. The molecule has 0 aromatic rings. The number of carbonyl (C=O) groups excluding carboxylic acids is 3. The maximum atomic E-state index is 13.2. The van der Waals surface area contributed by atoms with Crippen molar-refractivity contribution >= 4 is 26.0 Å². The normalized spacial score (nSPS) is 17.2. The van der Waals surface area contributed by atoms with Gasteiger partial charge in [0, 0.05) is 27.5 Å². The molecule has 4 unspecified atom stereocenters. The maximum Gasteiger partial charge on any atom is 0.490 e. The summed E-state index contributed by atoms with van der Waals surface area (Å²) in [6.45, 7) is 11.6. The second-order valence-electron chi connectivity index (χ2n) is 13.5. The van der Waals surface area contributed by atoms with E-state index in [2.05, 4.69) is 14.2 Å². The molecule has 0 aliphatic rings. The molecule has 0 N–H and O–H groups in total. The van der Waals surface area contributed by atoms with E-state index in [4.69, 9.17) is 4.74 Å². The number of alkyl halides is 15. The van der Waals surface area contributed by atoms with Gasteiger partial charge in [0.15, 0.2) is 0 Å². The van der Waals surface area contributed by atoms with Crippen molar-refractivity contribution in [2.45, 2.75) is 133 Å². The summed E-state index contributed by atoms with van der Waals surface area (Å²) in [5, 5.41) is -0.304. The van der Waals surface area contributed by atoms with Gasteiger partial charge in [-0.1, -0.05) is 40.4 Å². The molecule has 0 rings (SSSR count). The molecule has 0 bridgehead atoms. The fourth-order valence-corrected chi connectivity index (χ4v) is 5.02. The Hall–Kier alpha value is -2.46. The fraction of sp³-hybridized carbons (Fsp3) is 0.889. The van der Waals surface area contributed by atoms with Crippen molar-refractivity contribution in [3.63, 3.8) is 0 Å². The third-order valence-electron chi connectivity index (χ3n) is 8.04. The van der Waals surface area contributed by atoms with Crippen LogP contribution in [0.25, 0.3) is 0 Å². The molecule has 296 valence electrons. The van der Waals surface area contributed by atoms with Crippen LogP contribution in [-0.4, -0.2) is 87.4 Å². The predicted octanol–water partition coefficient (Wildman–Crippen LogP) is 8.87. The van der Waals surface area contributed by atoms with Crippen molar-refractivity contribution in [3.8, 4) is 0 Å². The molecule has 50 heavy (non-hydrogen) atoms. The number of rotatable bonds is 15. The van der Waals surface area contributed by atoms with Crippen molar-refractivity contribution in [2.75, 3.05) is 6.61 Å². The zero-order valence-corrected chi connectivity index (χ0v) is 28.7. The molecule has 7 nitrogen and oxygen atoms in total. The molecule has 0 fully saturated rings. The Bertz CT molecular complexity index is 1130. The molecule has 0 aliphatic heterocycles. The first kappa shape index (κ1) is 47.5. The summed E-state index contributed by atoms with van der Waals surface area (Å²) in [5.74, 6) is -14.4. The highest BCUT2D eigenvalue weighted by Crippen LogP contribution is 2.42. The van der Waals surface area contributed by atoms with Gasteiger partial charge in [-0.05, 0) is 25.3 Å². The molecule has 0 aromatic heterocycles. The Morgan fingerprint density at radius 2 is 1.00 bits per heavy atom.